The smallest absolute Gasteiger partial charge is 0.335 e. The van der Waals surface area contributed by atoms with Crippen molar-refractivity contribution in [1.82, 2.24) is 5.32 Å². The number of para-hydroxylation sites is 1. The predicted octanol–water partition coefficient (Wildman–Crippen LogP) is 1.25. The first-order valence-corrected chi connectivity index (χ1v) is 9.27. The molecule has 0 unspecified atom stereocenters. The second-order valence-electron chi connectivity index (χ2n) is 5.99. The summed E-state index contributed by atoms with van der Waals surface area (Å²) in [4.78, 5) is 48.9. The second kappa shape index (κ2) is 8.78. The molecule has 1 aliphatic rings. The number of carbonyl (C=O) groups is 4. The van der Waals surface area contributed by atoms with Crippen LogP contribution in [0.3, 0.4) is 0 Å². The number of nitrogens with one attached hydrogen (secondary N) is 1. The number of nitrogens with zero attached hydrogens (tertiary/aromatic N) is 1. The molecule has 2 aromatic rings. The van der Waals surface area contributed by atoms with E-state index >= 15 is 0 Å². The summed E-state index contributed by atoms with van der Waals surface area (Å²) in [5, 5.41) is 12.8. The number of imide groups is 2. The summed E-state index contributed by atoms with van der Waals surface area (Å²) in [6, 6.07) is 10.3. The number of aliphatic carboxylic acids is 1. The van der Waals surface area contributed by atoms with Crippen LogP contribution in [0.2, 0.25) is 0 Å². The molecule has 9 nitrogen and oxygen atoms in total. The van der Waals surface area contributed by atoms with Crippen LogP contribution in [-0.4, -0.2) is 37.5 Å². The lowest BCUT2D eigenvalue weighted by atomic mass is 10.1. The minimum Gasteiger partial charge on any atom is -0.546 e. The number of hydrogen-bond donors (Lipinski definition) is 1. The van der Waals surface area contributed by atoms with Crippen LogP contribution in [0.4, 0.5) is 10.5 Å². The highest BCUT2D eigenvalue weighted by molar-refractivity contribution is 9.10. The molecular weight excluding hydrogens is 460 g/mol. The maximum Gasteiger partial charge on any atom is 0.335 e. The van der Waals surface area contributed by atoms with Crippen LogP contribution >= 0.6 is 15.9 Å². The number of methoxy groups -OCH3 is 1. The van der Waals surface area contributed by atoms with Crippen LogP contribution in [0.25, 0.3) is 6.08 Å². The summed E-state index contributed by atoms with van der Waals surface area (Å²) in [7, 11) is 1.35. The Labute approximate surface area is 179 Å². The van der Waals surface area contributed by atoms with Crippen LogP contribution in [-0.2, 0) is 14.4 Å². The van der Waals surface area contributed by atoms with E-state index in [1.165, 1.54) is 25.3 Å². The molecule has 10 heteroatoms. The summed E-state index contributed by atoms with van der Waals surface area (Å²) < 4.78 is 10.7. The van der Waals surface area contributed by atoms with Crippen molar-refractivity contribution in [3.63, 3.8) is 0 Å². The Kier molecular flexibility index (Phi) is 6.17. The number of anilines is 1. The molecule has 1 heterocycles. The number of rotatable bonds is 6. The SMILES string of the molecule is COc1cc(/C=C2/C(=O)NC(=O)N(c3ccccc3)C2=O)cc(Br)c1OCC(=O)[O-]. The van der Waals surface area contributed by atoms with Gasteiger partial charge in [-0.3, -0.25) is 14.9 Å². The highest BCUT2D eigenvalue weighted by atomic mass is 79.9. The van der Waals surface area contributed by atoms with Gasteiger partial charge in [0.1, 0.15) is 12.2 Å². The van der Waals surface area contributed by atoms with Crippen molar-refractivity contribution < 1.29 is 33.8 Å². The topological polar surface area (TPSA) is 125 Å². The highest BCUT2D eigenvalue weighted by Gasteiger charge is 2.36. The highest BCUT2D eigenvalue weighted by Crippen LogP contribution is 2.37. The number of amides is 4. The summed E-state index contributed by atoms with van der Waals surface area (Å²) >= 11 is 3.24. The number of carboxylic acid groups (broad SMARTS) is 1. The third-order valence-corrected chi connectivity index (χ3v) is 4.60. The third kappa shape index (κ3) is 4.33. The number of urea groups is 1. The molecule has 0 aliphatic carbocycles. The Morgan fingerprint density at radius 2 is 1.90 bits per heavy atom. The van der Waals surface area contributed by atoms with Crippen molar-refractivity contribution in [3.8, 4) is 11.5 Å². The first-order chi connectivity index (χ1) is 14.3. The van der Waals surface area contributed by atoms with Crippen molar-refractivity contribution in [2.24, 2.45) is 0 Å². The Hall–Kier alpha value is -3.66. The zero-order valence-electron chi connectivity index (χ0n) is 15.5. The fraction of sp³-hybridized carbons (Fsp3) is 0.100. The van der Waals surface area contributed by atoms with Gasteiger partial charge in [-0.1, -0.05) is 18.2 Å². The van der Waals surface area contributed by atoms with E-state index in [9.17, 15) is 24.3 Å². The number of hydrogen-bond acceptors (Lipinski definition) is 7. The van der Waals surface area contributed by atoms with E-state index in [-0.39, 0.29) is 17.1 Å². The summed E-state index contributed by atoms with van der Waals surface area (Å²) in [5.41, 5.74) is 0.416. The van der Waals surface area contributed by atoms with Gasteiger partial charge in [-0.25, -0.2) is 9.69 Å². The maximum atomic E-state index is 12.9. The molecule has 1 aliphatic heterocycles. The molecule has 0 spiro atoms. The zero-order valence-corrected chi connectivity index (χ0v) is 17.1. The monoisotopic (exact) mass is 473 g/mol. The summed E-state index contributed by atoms with van der Waals surface area (Å²) in [5.74, 6) is -2.77. The van der Waals surface area contributed by atoms with Gasteiger partial charge in [0.05, 0.1) is 23.2 Å². The van der Waals surface area contributed by atoms with Crippen molar-refractivity contribution in [2.45, 2.75) is 0 Å². The minimum atomic E-state index is -1.41. The lowest BCUT2D eigenvalue weighted by Gasteiger charge is -2.26. The quantitative estimate of drug-likeness (QED) is 0.494. The van der Waals surface area contributed by atoms with Crippen LogP contribution in [0.15, 0.2) is 52.5 Å². The van der Waals surface area contributed by atoms with Gasteiger partial charge in [-0.15, -0.1) is 0 Å². The average molecular weight is 474 g/mol. The number of barbiturate groups is 1. The Balaban J connectivity index is 1.99. The molecule has 0 radical (unpaired) electrons. The molecule has 2 aromatic carbocycles. The largest absolute Gasteiger partial charge is 0.546 e. The number of ether oxygens (including phenoxy) is 2. The Morgan fingerprint density at radius 3 is 2.53 bits per heavy atom. The molecule has 1 saturated heterocycles. The van der Waals surface area contributed by atoms with Crippen molar-refractivity contribution >= 4 is 51.5 Å². The van der Waals surface area contributed by atoms with Crippen molar-refractivity contribution in [2.75, 3.05) is 18.6 Å². The lowest BCUT2D eigenvalue weighted by molar-refractivity contribution is -0.307. The van der Waals surface area contributed by atoms with Crippen LogP contribution in [0.1, 0.15) is 5.56 Å². The van der Waals surface area contributed by atoms with E-state index in [1.807, 2.05) is 0 Å². The maximum absolute atomic E-state index is 12.9. The van der Waals surface area contributed by atoms with Crippen LogP contribution in [0, 0.1) is 0 Å². The number of halogens is 1. The van der Waals surface area contributed by atoms with Gasteiger partial charge >= 0.3 is 6.03 Å². The molecule has 0 atom stereocenters. The van der Waals surface area contributed by atoms with Crippen LogP contribution < -0.4 is 24.8 Å². The van der Waals surface area contributed by atoms with Crippen molar-refractivity contribution in [1.29, 1.82) is 0 Å². The lowest BCUT2D eigenvalue weighted by Crippen LogP contribution is -2.54. The predicted molar refractivity (Wildman–Crippen MR) is 107 cm³/mol. The fourth-order valence-electron chi connectivity index (χ4n) is 2.73. The molecule has 3 rings (SSSR count). The zero-order chi connectivity index (χ0) is 21.8. The van der Waals surface area contributed by atoms with E-state index in [0.29, 0.717) is 15.7 Å². The molecule has 4 amide bonds. The average Bonchev–Trinajstić information content (AvgIpc) is 2.70. The molecule has 1 N–H and O–H groups in total. The van der Waals surface area contributed by atoms with Gasteiger partial charge in [0.15, 0.2) is 11.5 Å². The van der Waals surface area contributed by atoms with Crippen molar-refractivity contribution in [3.05, 3.63) is 58.1 Å². The van der Waals surface area contributed by atoms with Gasteiger partial charge in [-0.2, -0.15) is 0 Å². The number of carbonyl (C=O) groups excluding carboxylic acids is 4. The summed E-state index contributed by atoms with van der Waals surface area (Å²) in [6.45, 7) is -0.690. The summed E-state index contributed by atoms with van der Waals surface area (Å²) in [6.07, 6.45) is 1.29. The normalized spacial score (nSPS) is 15.2. The van der Waals surface area contributed by atoms with Gasteiger partial charge in [0.25, 0.3) is 11.8 Å². The van der Waals surface area contributed by atoms with Gasteiger partial charge in [0.2, 0.25) is 0 Å². The van der Waals surface area contributed by atoms with Crippen LogP contribution in [0.5, 0.6) is 11.5 Å². The standard InChI is InChI=1S/C20H15BrN2O7/c1-29-15-9-11(8-14(21)17(15)30-10-16(24)25)7-13-18(26)22-20(28)23(19(13)27)12-5-3-2-4-6-12/h2-9H,10H2,1H3,(H,24,25)(H,22,26,28)/p-1/b13-7-. The second-order valence-corrected chi connectivity index (χ2v) is 6.84. The van der Waals surface area contributed by atoms with Gasteiger partial charge in [-0.05, 0) is 51.8 Å². The van der Waals surface area contributed by atoms with E-state index in [0.717, 1.165) is 4.90 Å². The minimum absolute atomic E-state index is 0.115. The Bertz CT molecular complexity index is 1070. The first kappa shape index (κ1) is 21.1. The van der Waals surface area contributed by atoms with Gasteiger partial charge in [0, 0.05) is 0 Å². The van der Waals surface area contributed by atoms with E-state index in [1.54, 1.807) is 30.3 Å². The molecule has 1 fully saturated rings. The molecule has 0 aromatic heterocycles. The number of benzene rings is 2. The molecular formula is C20H14BrN2O7-. The number of carboxylic acids is 1. The van der Waals surface area contributed by atoms with E-state index in [2.05, 4.69) is 21.2 Å². The molecule has 154 valence electrons. The van der Waals surface area contributed by atoms with E-state index in [4.69, 9.17) is 9.47 Å². The molecule has 30 heavy (non-hydrogen) atoms. The van der Waals surface area contributed by atoms with Gasteiger partial charge < -0.3 is 19.4 Å². The Morgan fingerprint density at radius 1 is 1.20 bits per heavy atom. The molecule has 0 saturated carbocycles. The third-order valence-electron chi connectivity index (χ3n) is 4.01. The van der Waals surface area contributed by atoms with E-state index < -0.39 is 30.4 Å². The molecule has 0 bridgehead atoms. The fourth-order valence-corrected chi connectivity index (χ4v) is 3.30. The first-order valence-electron chi connectivity index (χ1n) is 8.48.